The minimum atomic E-state index is -0.350. The summed E-state index contributed by atoms with van der Waals surface area (Å²) in [5.74, 6) is -0.265. The van der Waals surface area contributed by atoms with Crippen LogP contribution in [0, 0.1) is 11.7 Å². The summed E-state index contributed by atoms with van der Waals surface area (Å²) < 4.78 is 19.4. The second-order valence-corrected chi connectivity index (χ2v) is 8.11. The predicted molar refractivity (Wildman–Crippen MR) is 117 cm³/mol. The fourth-order valence-electron chi connectivity index (χ4n) is 4.14. The van der Waals surface area contributed by atoms with E-state index in [1.807, 2.05) is 28.0 Å². The molecule has 2 aromatic heterocycles. The highest BCUT2D eigenvalue weighted by atomic mass is 19.1. The highest BCUT2D eigenvalue weighted by Gasteiger charge is 2.33. The molecule has 164 valence electrons. The molecule has 1 aliphatic heterocycles. The zero-order valence-corrected chi connectivity index (χ0v) is 17.8. The second kappa shape index (κ2) is 8.07. The summed E-state index contributed by atoms with van der Waals surface area (Å²) in [6.07, 6.45) is 3.17. The molecule has 0 spiro atoms. The van der Waals surface area contributed by atoms with Crippen molar-refractivity contribution in [1.29, 1.82) is 0 Å². The zero-order valence-electron chi connectivity index (χ0n) is 17.8. The van der Waals surface area contributed by atoms with Crippen molar-refractivity contribution in [2.24, 2.45) is 5.92 Å². The number of hydrogen-bond acceptors (Lipinski definition) is 6. The molecule has 32 heavy (non-hydrogen) atoms. The average molecular weight is 434 g/mol. The van der Waals surface area contributed by atoms with Crippen LogP contribution in [0.15, 0.2) is 59.3 Å². The summed E-state index contributed by atoms with van der Waals surface area (Å²) in [6.45, 7) is 5.88. The molecular weight excluding hydrogens is 411 g/mol. The number of benzene rings is 2. The predicted octanol–water partition coefficient (Wildman–Crippen LogP) is 3.53. The van der Waals surface area contributed by atoms with Crippen molar-refractivity contribution in [2.75, 3.05) is 24.5 Å². The molecule has 9 heteroatoms. The molecule has 1 amide bonds. The number of aromatic nitrogens is 4. The number of hydrogen-bond donors (Lipinski definition) is 0. The van der Waals surface area contributed by atoms with Crippen LogP contribution in [0.3, 0.4) is 0 Å². The van der Waals surface area contributed by atoms with Gasteiger partial charge in [-0.3, -0.25) is 4.79 Å². The van der Waals surface area contributed by atoms with E-state index in [4.69, 9.17) is 4.42 Å². The first-order chi connectivity index (χ1) is 15.5. The number of amides is 1. The van der Waals surface area contributed by atoms with Gasteiger partial charge in [-0.05, 0) is 37.1 Å². The topological polar surface area (TPSA) is 80.3 Å². The first-order valence-electron chi connectivity index (χ1n) is 10.6. The first-order valence-corrected chi connectivity index (χ1v) is 10.6. The number of oxazole rings is 1. The summed E-state index contributed by atoms with van der Waals surface area (Å²) in [7, 11) is 0. The van der Waals surface area contributed by atoms with E-state index in [9.17, 15) is 9.18 Å². The van der Waals surface area contributed by atoms with Gasteiger partial charge in [0.15, 0.2) is 5.58 Å². The maximum atomic E-state index is 13.6. The van der Waals surface area contributed by atoms with Gasteiger partial charge in [0.25, 0.3) is 11.9 Å². The molecule has 2 unspecified atom stereocenters. The third-order valence-electron chi connectivity index (χ3n) is 6.07. The lowest BCUT2D eigenvalue weighted by Crippen LogP contribution is -2.42. The van der Waals surface area contributed by atoms with Crippen molar-refractivity contribution in [3.63, 3.8) is 0 Å². The van der Waals surface area contributed by atoms with Crippen LogP contribution in [-0.4, -0.2) is 56.5 Å². The van der Waals surface area contributed by atoms with Gasteiger partial charge in [0, 0.05) is 31.7 Å². The molecule has 2 atom stereocenters. The van der Waals surface area contributed by atoms with Gasteiger partial charge in [-0.1, -0.05) is 19.1 Å². The number of anilines is 1. The Morgan fingerprint density at radius 2 is 1.88 bits per heavy atom. The number of halogens is 1. The van der Waals surface area contributed by atoms with Crippen molar-refractivity contribution in [2.45, 2.75) is 19.9 Å². The van der Waals surface area contributed by atoms with E-state index in [0.29, 0.717) is 48.0 Å². The van der Waals surface area contributed by atoms with Gasteiger partial charge in [-0.15, -0.1) is 0 Å². The Hall–Kier alpha value is -3.75. The Balaban J connectivity index is 1.42. The SMILES string of the molecule is CC1CN(c2nc3cc(F)ccc3o2)CCN(C(=O)c2ccccc2-n2nccn2)C1C. The largest absolute Gasteiger partial charge is 0.423 e. The lowest BCUT2D eigenvalue weighted by molar-refractivity contribution is 0.0670. The van der Waals surface area contributed by atoms with Gasteiger partial charge < -0.3 is 14.2 Å². The zero-order chi connectivity index (χ0) is 22.2. The molecule has 8 nitrogen and oxygen atoms in total. The Bertz CT molecular complexity index is 1250. The molecule has 0 radical (unpaired) electrons. The highest BCUT2D eigenvalue weighted by molar-refractivity contribution is 5.98. The van der Waals surface area contributed by atoms with Crippen molar-refractivity contribution < 1.29 is 13.6 Å². The van der Waals surface area contributed by atoms with Crippen molar-refractivity contribution in [1.82, 2.24) is 24.9 Å². The van der Waals surface area contributed by atoms with Crippen LogP contribution in [0.1, 0.15) is 24.2 Å². The molecule has 1 aliphatic rings. The van der Waals surface area contributed by atoms with E-state index in [1.54, 1.807) is 24.5 Å². The fourth-order valence-corrected chi connectivity index (χ4v) is 4.14. The van der Waals surface area contributed by atoms with E-state index >= 15 is 0 Å². The summed E-state index contributed by atoms with van der Waals surface area (Å²) >= 11 is 0. The van der Waals surface area contributed by atoms with Crippen molar-refractivity contribution in [3.05, 3.63) is 66.2 Å². The van der Waals surface area contributed by atoms with E-state index < -0.39 is 0 Å². The van der Waals surface area contributed by atoms with Gasteiger partial charge in [0.1, 0.15) is 11.3 Å². The molecule has 4 aromatic rings. The molecule has 5 rings (SSSR count). The Labute approximate surface area is 184 Å². The number of rotatable bonds is 3. The molecule has 0 aliphatic carbocycles. The van der Waals surface area contributed by atoms with E-state index in [1.165, 1.54) is 16.9 Å². The monoisotopic (exact) mass is 434 g/mol. The molecule has 0 bridgehead atoms. The van der Waals surface area contributed by atoms with Crippen molar-refractivity contribution >= 4 is 23.0 Å². The molecule has 3 heterocycles. The summed E-state index contributed by atoms with van der Waals surface area (Å²) in [6, 6.07) is 12.1. The fraction of sp³-hybridized carbons (Fsp3) is 0.304. The van der Waals surface area contributed by atoms with Crippen LogP contribution in [0.2, 0.25) is 0 Å². The quantitative estimate of drug-likeness (QED) is 0.491. The van der Waals surface area contributed by atoms with Gasteiger partial charge in [0.2, 0.25) is 0 Å². The lowest BCUT2D eigenvalue weighted by Gasteiger charge is -2.30. The standard InChI is InChI=1S/C23H23FN6O2/c1-15-14-28(23-27-19-13-17(24)7-8-21(19)32-23)11-12-29(16(15)2)22(31)18-5-3-4-6-20(18)30-25-9-10-26-30/h3-10,13,15-16H,11-12,14H2,1-2H3. The Kier molecular flexibility index (Phi) is 5.08. The minimum absolute atomic E-state index is 0.00652. The van der Waals surface area contributed by atoms with E-state index in [-0.39, 0.29) is 23.7 Å². The minimum Gasteiger partial charge on any atom is -0.423 e. The van der Waals surface area contributed by atoms with E-state index in [2.05, 4.69) is 29.0 Å². The molecule has 0 saturated carbocycles. The smallest absolute Gasteiger partial charge is 0.298 e. The maximum Gasteiger partial charge on any atom is 0.298 e. The summed E-state index contributed by atoms with van der Waals surface area (Å²) in [5, 5.41) is 8.37. The first kappa shape index (κ1) is 20.2. The van der Waals surface area contributed by atoms with Crippen LogP contribution in [0.25, 0.3) is 16.8 Å². The Morgan fingerprint density at radius 1 is 1.09 bits per heavy atom. The third-order valence-corrected chi connectivity index (χ3v) is 6.07. The average Bonchev–Trinajstić information content (AvgIpc) is 3.45. The molecule has 1 fully saturated rings. The number of fused-ring (bicyclic) bond motifs is 1. The Morgan fingerprint density at radius 3 is 2.69 bits per heavy atom. The summed E-state index contributed by atoms with van der Waals surface area (Å²) in [5.41, 5.74) is 2.22. The lowest BCUT2D eigenvalue weighted by atomic mass is 10.0. The van der Waals surface area contributed by atoms with E-state index in [0.717, 1.165) is 0 Å². The van der Waals surface area contributed by atoms with Gasteiger partial charge >= 0.3 is 0 Å². The van der Waals surface area contributed by atoms with Gasteiger partial charge in [0.05, 0.1) is 23.6 Å². The highest BCUT2D eigenvalue weighted by Crippen LogP contribution is 2.27. The number of carbonyl (C=O) groups is 1. The number of carbonyl (C=O) groups excluding carboxylic acids is 1. The van der Waals surface area contributed by atoms with Crippen molar-refractivity contribution in [3.8, 4) is 5.69 Å². The maximum absolute atomic E-state index is 13.6. The second-order valence-electron chi connectivity index (χ2n) is 8.11. The van der Waals surface area contributed by atoms with Crippen LogP contribution >= 0.6 is 0 Å². The molecule has 1 saturated heterocycles. The molecule has 0 N–H and O–H groups in total. The van der Waals surface area contributed by atoms with Crippen LogP contribution in [0.5, 0.6) is 0 Å². The third kappa shape index (κ3) is 3.59. The number of para-hydroxylation sites is 1. The molecule has 2 aromatic carbocycles. The summed E-state index contributed by atoms with van der Waals surface area (Å²) in [4.78, 5) is 23.4. The van der Waals surface area contributed by atoms with Crippen LogP contribution in [-0.2, 0) is 0 Å². The molecular formula is C23H23FN6O2. The normalized spacial score (nSPS) is 19.3. The van der Waals surface area contributed by atoms with Gasteiger partial charge in [-0.25, -0.2) is 4.39 Å². The van der Waals surface area contributed by atoms with Gasteiger partial charge in [-0.2, -0.15) is 20.0 Å². The van der Waals surface area contributed by atoms with Crippen LogP contribution < -0.4 is 4.90 Å². The number of nitrogens with zero attached hydrogens (tertiary/aromatic N) is 6. The van der Waals surface area contributed by atoms with Crippen LogP contribution in [0.4, 0.5) is 10.4 Å².